The molecule has 0 aliphatic carbocycles. The fraction of sp³-hybridized carbons (Fsp3) is 0.318. The van der Waals surface area contributed by atoms with Crippen LogP contribution in [0.4, 0.5) is 0 Å². The lowest BCUT2D eigenvalue weighted by Crippen LogP contribution is -2.19. The van der Waals surface area contributed by atoms with Crippen LogP contribution in [0.2, 0.25) is 0 Å². The van der Waals surface area contributed by atoms with Gasteiger partial charge in [-0.25, -0.2) is 0 Å². The van der Waals surface area contributed by atoms with E-state index in [1.165, 1.54) is 6.07 Å². The lowest BCUT2D eigenvalue weighted by molar-refractivity contribution is -0.00476. The Morgan fingerprint density at radius 1 is 1.21 bits per heavy atom. The van der Waals surface area contributed by atoms with Crippen molar-refractivity contribution in [3.05, 3.63) is 58.0 Å². The first-order valence-electron chi connectivity index (χ1n) is 9.28. The molecule has 6 nitrogen and oxygen atoms in total. The van der Waals surface area contributed by atoms with Crippen LogP contribution in [0.5, 0.6) is 11.5 Å². The zero-order chi connectivity index (χ0) is 19.6. The minimum Gasteiger partial charge on any atom is -0.507 e. The molecule has 144 valence electrons. The van der Waals surface area contributed by atoms with E-state index in [0.717, 1.165) is 11.1 Å². The molecule has 0 bridgehead atoms. The highest BCUT2D eigenvalue weighted by Gasteiger charge is 2.37. The van der Waals surface area contributed by atoms with Crippen LogP contribution in [0.3, 0.4) is 0 Å². The van der Waals surface area contributed by atoms with E-state index >= 15 is 0 Å². The van der Waals surface area contributed by atoms with Gasteiger partial charge in [0.25, 0.3) is 6.29 Å². The highest BCUT2D eigenvalue weighted by Crippen LogP contribution is 2.44. The lowest BCUT2D eigenvalue weighted by Gasteiger charge is -2.17. The number of benzene rings is 2. The number of aryl methyl sites for hydroxylation is 1. The molecule has 2 N–H and O–H groups in total. The maximum absolute atomic E-state index is 13.2. The van der Waals surface area contributed by atoms with Gasteiger partial charge in [-0.3, -0.25) is 4.79 Å². The summed E-state index contributed by atoms with van der Waals surface area (Å²) in [4.78, 5) is 13.2. The second-order valence-corrected chi connectivity index (χ2v) is 8.05. The highest BCUT2D eigenvalue weighted by molar-refractivity contribution is 5.95. The first-order chi connectivity index (χ1) is 13.3. The zero-order valence-corrected chi connectivity index (χ0v) is 15.6. The van der Waals surface area contributed by atoms with Crippen LogP contribution in [0, 0.1) is 0 Å². The molecule has 0 saturated heterocycles. The molecule has 5 rings (SSSR count). The number of rotatable bonds is 3. The van der Waals surface area contributed by atoms with Crippen LogP contribution in [-0.2, 0) is 11.2 Å². The third-order valence-corrected chi connectivity index (χ3v) is 5.41. The van der Waals surface area contributed by atoms with E-state index in [4.69, 9.17) is 13.9 Å². The molecule has 0 fully saturated rings. The van der Waals surface area contributed by atoms with Crippen molar-refractivity contribution in [1.29, 1.82) is 0 Å². The van der Waals surface area contributed by atoms with E-state index in [1.54, 1.807) is 38.3 Å². The number of phenolic OH excluding ortho intramolecular Hbond substituents is 1. The van der Waals surface area contributed by atoms with Crippen LogP contribution in [0.25, 0.3) is 21.9 Å². The number of fused-ring (bicyclic) bond motifs is 5. The second kappa shape index (κ2) is 5.75. The van der Waals surface area contributed by atoms with Gasteiger partial charge >= 0.3 is 0 Å². The van der Waals surface area contributed by atoms with Crippen LogP contribution in [0.15, 0.2) is 45.8 Å². The number of phenols is 1. The summed E-state index contributed by atoms with van der Waals surface area (Å²) in [5.74, 6) is 0.463. The average molecular weight is 380 g/mol. The summed E-state index contributed by atoms with van der Waals surface area (Å²) in [7, 11) is 0. The number of aliphatic hydroxyl groups is 1. The van der Waals surface area contributed by atoms with E-state index < -0.39 is 11.9 Å². The van der Waals surface area contributed by atoms with Crippen molar-refractivity contribution in [3.63, 3.8) is 0 Å². The topological polar surface area (TPSA) is 89.1 Å². The molecule has 0 spiro atoms. The summed E-state index contributed by atoms with van der Waals surface area (Å²) >= 11 is 0. The first kappa shape index (κ1) is 17.1. The average Bonchev–Trinajstić information content (AvgIpc) is 3.20. The predicted molar refractivity (Wildman–Crippen MR) is 104 cm³/mol. The highest BCUT2D eigenvalue weighted by atomic mass is 16.7. The molecule has 0 radical (unpaired) electrons. The van der Waals surface area contributed by atoms with Crippen molar-refractivity contribution < 1.29 is 24.1 Å². The number of hydrogen-bond acceptors (Lipinski definition) is 6. The van der Waals surface area contributed by atoms with Gasteiger partial charge in [0.05, 0.1) is 23.2 Å². The van der Waals surface area contributed by atoms with Gasteiger partial charge in [0.15, 0.2) is 0 Å². The quantitative estimate of drug-likeness (QED) is 0.674. The number of ether oxygens (including phenoxy) is 2. The van der Waals surface area contributed by atoms with Gasteiger partial charge in [-0.2, -0.15) is 0 Å². The molecule has 0 unspecified atom stereocenters. The first-order valence-corrected chi connectivity index (χ1v) is 9.28. The lowest BCUT2D eigenvalue weighted by atomic mass is 9.96. The van der Waals surface area contributed by atoms with E-state index in [9.17, 15) is 15.0 Å². The van der Waals surface area contributed by atoms with Crippen molar-refractivity contribution >= 4 is 21.9 Å². The molecule has 3 heterocycles. The van der Waals surface area contributed by atoms with Crippen molar-refractivity contribution in [2.45, 2.75) is 44.5 Å². The molecule has 3 aromatic rings. The molecule has 2 aromatic carbocycles. The molecular weight excluding hydrogens is 360 g/mol. The van der Waals surface area contributed by atoms with Crippen LogP contribution in [0.1, 0.15) is 37.3 Å². The third kappa shape index (κ3) is 2.56. The molecule has 1 aromatic heterocycles. The summed E-state index contributed by atoms with van der Waals surface area (Å²) in [5, 5.41) is 20.9. The summed E-state index contributed by atoms with van der Waals surface area (Å²) in [6.45, 7) is 3.46. The van der Waals surface area contributed by atoms with Gasteiger partial charge in [-0.1, -0.05) is 6.07 Å². The van der Waals surface area contributed by atoms with Gasteiger partial charge in [0.1, 0.15) is 28.1 Å². The van der Waals surface area contributed by atoms with E-state index in [1.807, 2.05) is 6.08 Å². The Morgan fingerprint density at radius 2 is 2.04 bits per heavy atom. The van der Waals surface area contributed by atoms with Gasteiger partial charge in [0, 0.05) is 11.6 Å². The largest absolute Gasteiger partial charge is 0.507 e. The molecular formula is C22H20O6. The third-order valence-electron chi connectivity index (χ3n) is 5.41. The molecule has 0 saturated carbocycles. The van der Waals surface area contributed by atoms with Crippen molar-refractivity contribution in [3.8, 4) is 11.5 Å². The Balaban J connectivity index is 1.73. The fourth-order valence-electron chi connectivity index (χ4n) is 3.90. The Kier molecular flexibility index (Phi) is 3.52. The van der Waals surface area contributed by atoms with Gasteiger partial charge in [-0.05, 0) is 50.5 Å². The van der Waals surface area contributed by atoms with Crippen LogP contribution >= 0.6 is 0 Å². The van der Waals surface area contributed by atoms with E-state index in [2.05, 4.69) is 0 Å². The maximum Gasteiger partial charge on any atom is 0.250 e. The fourth-order valence-corrected chi connectivity index (χ4v) is 3.90. The minimum atomic E-state index is -0.846. The normalized spacial score (nSPS) is 20.2. The predicted octanol–water partition coefficient (Wildman–Crippen LogP) is 3.70. The minimum absolute atomic E-state index is 0.0544. The van der Waals surface area contributed by atoms with Crippen LogP contribution < -0.4 is 10.2 Å². The van der Waals surface area contributed by atoms with Gasteiger partial charge < -0.3 is 24.1 Å². The molecule has 2 atom stereocenters. The van der Waals surface area contributed by atoms with Gasteiger partial charge in [0.2, 0.25) is 5.43 Å². The molecule has 2 aliphatic rings. The summed E-state index contributed by atoms with van der Waals surface area (Å²) in [6.07, 6.45) is 4.10. The van der Waals surface area contributed by atoms with E-state index in [0.29, 0.717) is 35.1 Å². The van der Waals surface area contributed by atoms with Crippen molar-refractivity contribution in [2.24, 2.45) is 0 Å². The monoisotopic (exact) mass is 380 g/mol. The smallest absolute Gasteiger partial charge is 0.250 e. The summed E-state index contributed by atoms with van der Waals surface area (Å²) in [6, 6.07) is 6.71. The SMILES string of the molecule is CC(C)(O)CCc1ccc(O)c2c(=O)c3cc4c(cc3oc12)O[C@@H]1OC=C[C@H]41. The molecule has 2 aliphatic heterocycles. The summed E-state index contributed by atoms with van der Waals surface area (Å²) in [5.41, 5.74) is 1.25. The zero-order valence-electron chi connectivity index (χ0n) is 15.6. The molecule has 6 heteroatoms. The van der Waals surface area contributed by atoms with Gasteiger partial charge in [-0.15, -0.1) is 0 Å². The van der Waals surface area contributed by atoms with E-state index in [-0.39, 0.29) is 22.5 Å². The Morgan fingerprint density at radius 3 is 2.82 bits per heavy atom. The standard InChI is InChI=1S/C22H20O6/c1-22(2,25)7-5-11-3-4-15(23)18-19(24)14-9-13-12-6-8-26-21(12)28-16(13)10-17(14)27-20(11)18/h3-4,6,8-10,12,21,23,25H,5,7H2,1-2H3/t12-,21+/m1/s1. The van der Waals surface area contributed by atoms with Crippen molar-refractivity contribution in [1.82, 2.24) is 0 Å². The summed E-state index contributed by atoms with van der Waals surface area (Å²) < 4.78 is 17.3. The van der Waals surface area contributed by atoms with Crippen LogP contribution in [-0.4, -0.2) is 22.1 Å². The second-order valence-electron chi connectivity index (χ2n) is 8.05. The van der Waals surface area contributed by atoms with Crippen molar-refractivity contribution in [2.75, 3.05) is 0 Å². The Hall–Kier alpha value is -2.99. The number of aromatic hydroxyl groups is 1. The molecule has 0 amide bonds. The Labute approximate surface area is 160 Å². The maximum atomic E-state index is 13.2. The Bertz CT molecular complexity index is 1200. The molecule has 28 heavy (non-hydrogen) atoms. The number of hydrogen-bond donors (Lipinski definition) is 2.